The molecule has 0 aromatic carbocycles. The summed E-state index contributed by atoms with van der Waals surface area (Å²) < 4.78 is 22.2. The minimum Gasteiger partial charge on any atom is -0.392 e. The van der Waals surface area contributed by atoms with E-state index in [9.17, 15) is 13.2 Å². The molecule has 0 saturated carbocycles. The van der Waals surface area contributed by atoms with Gasteiger partial charge in [-0.1, -0.05) is 0 Å². The molecule has 2 unspecified atom stereocenters. The molecule has 1 heterocycles. The Labute approximate surface area is 101 Å². The van der Waals surface area contributed by atoms with Gasteiger partial charge in [-0.3, -0.25) is 4.79 Å². The maximum atomic E-state index is 11.5. The molecule has 0 spiro atoms. The number of sulfonamides is 1. The number of carbonyl (C=O) groups is 1. The van der Waals surface area contributed by atoms with Gasteiger partial charge in [-0.05, 0) is 6.92 Å². The van der Waals surface area contributed by atoms with E-state index in [1.54, 1.807) is 6.92 Å². The number of likely N-dealkylation sites (tertiary alicyclic amines) is 1. The Morgan fingerprint density at radius 1 is 1.65 bits per heavy atom. The van der Waals surface area contributed by atoms with Gasteiger partial charge in [-0.2, -0.15) is 0 Å². The second-order valence-electron chi connectivity index (χ2n) is 4.31. The summed E-state index contributed by atoms with van der Waals surface area (Å²) >= 11 is 0. The Morgan fingerprint density at radius 3 is 2.76 bits per heavy atom. The molecule has 100 valence electrons. The molecule has 1 aliphatic heterocycles. The van der Waals surface area contributed by atoms with Gasteiger partial charge in [0.1, 0.15) is 5.25 Å². The van der Waals surface area contributed by atoms with E-state index >= 15 is 0 Å². The third-order valence-corrected chi connectivity index (χ3v) is 3.89. The molecule has 0 radical (unpaired) electrons. The summed E-state index contributed by atoms with van der Waals surface area (Å²) in [4.78, 5) is 13.0. The van der Waals surface area contributed by atoms with E-state index in [-0.39, 0.29) is 18.9 Å². The van der Waals surface area contributed by atoms with Crippen molar-refractivity contribution in [1.29, 1.82) is 0 Å². The average Bonchev–Trinajstić information content (AvgIpc) is 2.54. The zero-order valence-corrected chi connectivity index (χ0v) is 10.6. The number of aliphatic hydroxyl groups excluding tert-OH is 1. The number of nitrogens with zero attached hydrogens (tertiary/aromatic N) is 1. The monoisotopic (exact) mass is 265 g/mol. The zero-order valence-electron chi connectivity index (χ0n) is 9.80. The fourth-order valence-electron chi connectivity index (χ4n) is 1.70. The largest absolute Gasteiger partial charge is 0.392 e. The van der Waals surface area contributed by atoms with E-state index in [0.29, 0.717) is 19.6 Å². The van der Waals surface area contributed by atoms with E-state index in [0.717, 1.165) is 0 Å². The smallest absolute Gasteiger partial charge is 0.224 e. The SMILES string of the molecule is CC(O)CNCCN1CC(S(N)(=O)=O)CC1=O. The maximum absolute atomic E-state index is 11.5. The zero-order chi connectivity index (χ0) is 13.1. The van der Waals surface area contributed by atoms with Crippen molar-refractivity contribution in [1.82, 2.24) is 10.2 Å². The molecule has 0 aromatic rings. The van der Waals surface area contributed by atoms with Gasteiger partial charge >= 0.3 is 0 Å². The average molecular weight is 265 g/mol. The summed E-state index contributed by atoms with van der Waals surface area (Å²) in [6.07, 6.45) is -0.476. The minimum absolute atomic E-state index is 0.0325. The second kappa shape index (κ2) is 5.76. The summed E-state index contributed by atoms with van der Waals surface area (Å²) in [5.74, 6) is -0.192. The molecule has 0 bridgehead atoms. The van der Waals surface area contributed by atoms with Gasteiger partial charge in [0.15, 0.2) is 0 Å². The van der Waals surface area contributed by atoms with Crippen molar-refractivity contribution in [3.63, 3.8) is 0 Å². The molecular weight excluding hydrogens is 246 g/mol. The fraction of sp³-hybridized carbons (Fsp3) is 0.889. The van der Waals surface area contributed by atoms with E-state index in [1.807, 2.05) is 0 Å². The van der Waals surface area contributed by atoms with Crippen LogP contribution in [0.15, 0.2) is 0 Å². The van der Waals surface area contributed by atoms with Crippen LogP contribution in [0.4, 0.5) is 0 Å². The van der Waals surface area contributed by atoms with Crippen LogP contribution in [-0.2, 0) is 14.8 Å². The van der Waals surface area contributed by atoms with E-state index in [1.165, 1.54) is 4.90 Å². The van der Waals surface area contributed by atoms with Gasteiger partial charge < -0.3 is 15.3 Å². The van der Waals surface area contributed by atoms with Crippen molar-refractivity contribution in [3.05, 3.63) is 0 Å². The molecular formula is C9H19N3O4S. The third kappa shape index (κ3) is 4.58. The van der Waals surface area contributed by atoms with Crippen molar-refractivity contribution in [2.45, 2.75) is 24.7 Å². The second-order valence-corrected chi connectivity index (χ2v) is 6.15. The van der Waals surface area contributed by atoms with Gasteiger partial charge in [0.25, 0.3) is 0 Å². The number of hydrogen-bond donors (Lipinski definition) is 3. The topological polar surface area (TPSA) is 113 Å². The summed E-state index contributed by atoms with van der Waals surface area (Å²) in [6, 6.07) is 0. The highest BCUT2D eigenvalue weighted by Crippen LogP contribution is 2.15. The predicted molar refractivity (Wildman–Crippen MR) is 62.6 cm³/mol. The van der Waals surface area contributed by atoms with Gasteiger partial charge in [0.05, 0.1) is 6.10 Å². The number of hydrogen-bond acceptors (Lipinski definition) is 5. The number of aliphatic hydroxyl groups is 1. The molecule has 2 atom stereocenters. The van der Waals surface area contributed by atoms with Gasteiger partial charge in [-0.15, -0.1) is 0 Å². The lowest BCUT2D eigenvalue weighted by Crippen LogP contribution is -2.37. The first kappa shape index (κ1) is 14.4. The lowest BCUT2D eigenvalue weighted by molar-refractivity contribution is -0.127. The predicted octanol–water partition coefficient (Wildman–Crippen LogP) is -2.15. The van der Waals surface area contributed by atoms with Crippen LogP contribution in [-0.4, -0.2) is 61.9 Å². The molecule has 8 heteroatoms. The van der Waals surface area contributed by atoms with E-state index in [2.05, 4.69) is 5.32 Å². The molecule has 0 aromatic heterocycles. The summed E-state index contributed by atoms with van der Waals surface area (Å²) in [7, 11) is -3.64. The van der Waals surface area contributed by atoms with Crippen LogP contribution in [0.5, 0.6) is 0 Å². The molecule has 0 aliphatic carbocycles. The van der Waals surface area contributed by atoms with Crippen LogP contribution in [0.1, 0.15) is 13.3 Å². The number of nitrogens with one attached hydrogen (secondary N) is 1. The third-order valence-electron chi connectivity index (χ3n) is 2.64. The number of carbonyl (C=O) groups excluding carboxylic acids is 1. The molecule has 17 heavy (non-hydrogen) atoms. The standard InChI is InChI=1S/C9H19N3O4S/c1-7(13)5-11-2-3-12-6-8(4-9(12)14)17(10,15)16/h7-8,11,13H,2-6H2,1H3,(H2,10,15,16). The Bertz CT molecular complexity index is 368. The number of nitrogens with two attached hydrogens (primary N) is 1. The fourth-order valence-corrected chi connectivity index (χ4v) is 2.46. The van der Waals surface area contributed by atoms with Crippen molar-refractivity contribution in [2.75, 3.05) is 26.2 Å². The van der Waals surface area contributed by atoms with Gasteiger partial charge in [-0.25, -0.2) is 13.6 Å². The van der Waals surface area contributed by atoms with E-state index < -0.39 is 21.4 Å². The molecule has 4 N–H and O–H groups in total. The van der Waals surface area contributed by atoms with Crippen molar-refractivity contribution < 1.29 is 18.3 Å². The number of rotatable bonds is 6. The molecule has 1 fully saturated rings. The maximum Gasteiger partial charge on any atom is 0.224 e. The molecule has 1 aliphatic rings. The van der Waals surface area contributed by atoms with Crippen molar-refractivity contribution in [2.24, 2.45) is 5.14 Å². The highest BCUT2D eigenvalue weighted by Gasteiger charge is 2.35. The van der Waals surface area contributed by atoms with Crippen molar-refractivity contribution >= 4 is 15.9 Å². The Morgan fingerprint density at radius 2 is 2.29 bits per heavy atom. The Balaban J connectivity index is 2.34. The van der Waals surface area contributed by atoms with Crippen LogP contribution in [0.2, 0.25) is 0 Å². The summed E-state index contributed by atoms with van der Waals surface area (Å²) in [5.41, 5.74) is 0. The first-order valence-corrected chi connectivity index (χ1v) is 7.10. The molecule has 1 amide bonds. The highest BCUT2D eigenvalue weighted by molar-refractivity contribution is 7.89. The molecule has 1 rings (SSSR count). The first-order chi connectivity index (χ1) is 7.80. The van der Waals surface area contributed by atoms with Gasteiger partial charge in [0.2, 0.25) is 15.9 Å². The lowest BCUT2D eigenvalue weighted by Gasteiger charge is -2.16. The Kier molecular flexibility index (Phi) is 4.87. The molecule has 7 nitrogen and oxygen atoms in total. The van der Waals surface area contributed by atoms with Crippen LogP contribution < -0.4 is 10.5 Å². The summed E-state index contributed by atoms with van der Waals surface area (Å²) in [6.45, 7) is 3.21. The number of primary sulfonamides is 1. The highest BCUT2D eigenvalue weighted by atomic mass is 32.2. The van der Waals surface area contributed by atoms with Gasteiger partial charge in [0, 0.05) is 32.6 Å². The van der Waals surface area contributed by atoms with Crippen molar-refractivity contribution in [3.8, 4) is 0 Å². The Hall–Kier alpha value is -0.700. The van der Waals surface area contributed by atoms with Crippen LogP contribution in [0.25, 0.3) is 0 Å². The van der Waals surface area contributed by atoms with Crippen LogP contribution >= 0.6 is 0 Å². The van der Waals surface area contributed by atoms with Crippen LogP contribution in [0.3, 0.4) is 0 Å². The van der Waals surface area contributed by atoms with Crippen LogP contribution in [0, 0.1) is 0 Å². The lowest BCUT2D eigenvalue weighted by atomic mass is 10.4. The quantitative estimate of drug-likeness (QED) is 0.474. The molecule has 1 saturated heterocycles. The van der Waals surface area contributed by atoms with E-state index in [4.69, 9.17) is 10.2 Å². The first-order valence-electron chi connectivity index (χ1n) is 5.49. The summed E-state index contributed by atoms with van der Waals surface area (Å²) in [5, 5.41) is 16.2. The normalized spacial score (nSPS) is 23.1. The number of amides is 1. The minimum atomic E-state index is -3.64.